The fourth-order valence-corrected chi connectivity index (χ4v) is 3.16. The van der Waals surface area contributed by atoms with E-state index in [0.717, 1.165) is 42.9 Å². The van der Waals surface area contributed by atoms with Crippen LogP contribution in [0.25, 0.3) is 0 Å². The number of hydrogen-bond acceptors (Lipinski definition) is 4. The Labute approximate surface area is 119 Å². The van der Waals surface area contributed by atoms with Gasteiger partial charge in [0.05, 0.1) is 10.7 Å². The van der Waals surface area contributed by atoms with Gasteiger partial charge in [-0.3, -0.25) is 4.79 Å². The molecule has 0 spiro atoms. The highest BCUT2D eigenvalue weighted by Gasteiger charge is 2.19. The van der Waals surface area contributed by atoms with Gasteiger partial charge in [0.15, 0.2) is 0 Å². The van der Waals surface area contributed by atoms with Gasteiger partial charge >= 0.3 is 0 Å². The molecule has 106 valence electrons. The van der Waals surface area contributed by atoms with Crippen LogP contribution in [0.2, 0.25) is 0 Å². The molecule has 2 rings (SSSR count). The van der Waals surface area contributed by atoms with E-state index in [-0.39, 0.29) is 5.91 Å². The number of aryl methyl sites for hydroxylation is 2. The Bertz CT molecular complexity index is 419. The van der Waals surface area contributed by atoms with Crippen LogP contribution in [0.5, 0.6) is 0 Å². The number of carbonyl (C=O) groups excluding carboxylic acids is 1. The Kier molecular flexibility index (Phi) is 5.34. The lowest BCUT2D eigenvalue weighted by Gasteiger charge is -2.28. The number of thiazole rings is 1. The van der Waals surface area contributed by atoms with Crippen LogP contribution < -0.4 is 10.6 Å². The van der Waals surface area contributed by atoms with E-state index in [1.165, 1.54) is 0 Å². The van der Waals surface area contributed by atoms with Gasteiger partial charge in [-0.25, -0.2) is 4.98 Å². The molecule has 19 heavy (non-hydrogen) atoms. The van der Waals surface area contributed by atoms with Crippen molar-refractivity contribution in [1.29, 1.82) is 0 Å². The fourth-order valence-electron chi connectivity index (χ4n) is 2.52. The quantitative estimate of drug-likeness (QED) is 0.868. The van der Waals surface area contributed by atoms with E-state index in [9.17, 15) is 4.79 Å². The number of aromatic nitrogens is 1. The lowest BCUT2D eigenvalue weighted by atomic mass is 10.0. The van der Waals surface area contributed by atoms with Gasteiger partial charge in [-0.15, -0.1) is 11.3 Å². The molecule has 2 heterocycles. The normalized spacial score (nSPS) is 23.3. The predicted molar refractivity (Wildman–Crippen MR) is 78.4 cm³/mol. The lowest BCUT2D eigenvalue weighted by molar-refractivity contribution is -0.122. The number of piperidine rings is 1. The van der Waals surface area contributed by atoms with Crippen molar-refractivity contribution in [2.75, 3.05) is 6.54 Å². The molecule has 1 aliphatic heterocycles. The van der Waals surface area contributed by atoms with Gasteiger partial charge in [-0.2, -0.15) is 0 Å². The molecule has 0 saturated carbocycles. The van der Waals surface area contributed by atoms with Crippen molar-refractivity contribution in [2.24, 2.45) is 0 Å². The van der Waals surface area contributed by atoms with Gasteiger partial charge in [-0.1, -0.05) is 0 Å². The Morgan fingerprint density at radius 1 is 1.63 bits per heavy atom. The van der Waals surface area contributed by atoms with Gasteiger partial charge in [0, 0.05) is 23.9 Å². The third-order valence-corrected chi connectivity index (χ3v) is 4.31. The maximum atomic E-state index is 11.9. The Morgan fingerprint density at radius 2 is 2.47 bits per heavy atom. The molecule has 2 unspecified atom stereocenters. The summed E-state index contributed by atoms with van der Waals surface area (Å²) in [5.74, 6) is 0.186. The van der Waals surface area contributed by atoms with Crippen LogP contribution in [0.15, 0.2) is 5.38 Å². The molecule has 1 aromatic rings. The summed E-state index contributed by atoms with van der Waals surface area (Å²) in [5, 5.41) is 9.72. The maximum absolute atomic E-state index is 11.9. The van der Waals surface area contributed by atoms with E-state index in [2.05, 4.69) is 27.9 Å². The van der Waals surface area contributed by atoms with Crippen molar-refractivity contribution in [2.45, 2.75) is 58.0 Å². The molecule has 0 aliphatic carbocycles. The summed E-state index contributed by atoms with van der Waals surface area (Å²) in [6, 6.07) is 0.863. The largest absolute Gasteiger partial charge is 0.353 e. The number of hydrogen-bond donors (Lipinski definition) is 2. The second-order valence-corrected chi connectivity index (χ2v) is 6.42. The van der Waals surface area contributed by atoms with Crippen molar-refractivity contribution in [1.82, 2.24) is 15.6 Å². The van der Waals surface area contributed by atoms with Gasteiger partial charge < -0.3 is 10.6 Å². The van der Waals surface area contributed by atoms with Gasteiger partial charge in [0.2, 0.25) is 5.91 Å². The molecule has 0 aromatic carbocycles. The van der Waals surface area contributed by atoms with Gasteiger partial charge in [-0.05, 0) is 46.1 Å². The summed E-state index contributed by atoms with van der Waals surface area (Å²) >= 11 is 1.67. The molecule has 0 radical (unpaired) electrons. The molecule has 1 amide bonds. The monoisotopic (exact) mass is 281 g/mol. The first-order valence-electron chi connectivity index (χ1n) is 7.07. The Morgan fingerprint density at radius 3 is 3.16 bits per heavy atom. The average Bonchev–Trinajstić information content (AvgIpc) is 2.75. The highest BCUT2D eigenvalue weighted by molar-refractivity contribution is 7.09. The summed E-state index contributed by atoms with van der Waals surface area (Å²) in [5.41, 5.74) is 1.12. The van der Waals surface area contributed by atoms with E-state index >= 15 is 0 Å². The Hall–Kier alpha value is -0.940. The lowest BCUT2D eigenvalue weighted by Crippen LogP contribution is -2.46. The molecular formula is C14H23N3OS. The topological polar surface area (TPSA) is 54.0 Å². The second-order valence-electron chi connectivity index (χ2n) is 5.36. The number of nitrogens with zero attached hydrogens (tertiary/aromatic N) is 1. The molecule has 1 aliphatic rings. The van der Waals surface area contributed by atoms with E-state index in [1.54, 1.807) is 11.3 Å². The van der Waals surface area contributed by atoms with Crippen LogP contribution in [0, 0.1) is 6.92 Å². The molecule has 1 aromatic heterocycles. The van der Waals surface area contributed by atoms with Crippen LogP contribution in [0.3, 0.4) is 0 Å². The summed E-state index contributed by atoms with van der Waals surface area (Å²) < 4.78 is 0. The van der Waals surface area contributed by atoms with Crippen LogP contribution in [0.4, 0.5) is 0 Å². The first-order chi connectivity index (χ1) is 9.13. The zero-order chi connectivity index (χ0) is 13.7. The SMILES string of the molecule is Cc1nc(CCCC(=O)NC2CCNC(C)C2)cs1. The Balaban J connectivity index is 1.64. The van der Waals surface area contributed by atoms with Crippen molar-refractivity contribution in [3.63, 3.8) is 0 Å². The van der Waals surface area contributed by atoms with Gasteiger partial charge in [0.25, 0.3) is 0 Å². The highest BCUT2D eigenvalue weighted by Crippen LogP contribution is 2.11. The average molecular weight is 281 g/mol. The zero-order valence-electron chi connectivity index (χ0n) is 11.7. The van der Waals surface area contributed by atoms with Crippen LogP contribution in [0.1, 0.15) is 43.3 Å². The first kappa shape index (κ1) is 14.5. The number of carbonyl (C=O) groups is 1. The fraction of sp³-hybridized carbons (Fsp3) is 0.714. The van der Waals surface area contributed by atoms with E-state index in [4.69, 9.17) is 0 Å². The molecule has 2 atom stereocenters. The van der Waals surface area contributed by atoms with Crippen molar-refractivity contribution < 1.29 is 4.79 Å². The van der Waals surface area contributed by atoms with E-state index in [1.807, 2.05) is 6.92 Å². The summed E-state index contributed by atoms with van der Waals surface area (Å²) in [4.78, 5) is 16.3. The zero-order valence-corrected chi connectivity index (χ0v) is 12.6. The predicted octanol–water partition coefficient (Wildman–Crippen LogP) is 2.03. The smallest absolute Gasteiger partial charge is 0.220 e. The molecule has 2 N–H and O–H groups in total. The maximum Gasteiger partial charge on any atom is 0.220 e. The van der Waals surface area contributed by atoms with E-state index < -0.39 is 0 Å². The minimum Gasteiger partial charge on any atom is -0.353 e. The standard InChI is InChI=1S/C14H23N3OS/c1-10-8-12(6-7-15-10)17-14(18)5-3-4-13-9-19-11(2)16-13/h9-10,12,15H,3-8H2,1-2H3,(H,17,18). The van der Waals surface area contributed by atoms with Crippen LogP contribution >= 0.6 is 11.3 Å². The summed E-state index contributed by atoms with van der Waals surface area (Å²) in [7, 11) is 0. The van der Waals surface area contributed by atoms with Gasteiger partial charge in [0.1, 0.15) is 0 Å². The van der Waals surface area contributed by atoms with Crippen LogP contribution in [-0.4, -0.2) is 29.5 Å². The molecule has 1 saturated heterocycles. The molecule has 5 heteroatoms. The molecule has 4 nitrogen and oxygen atoms in total. The molecule has 0 bridgehead atoms. The van der Waals surface area contributed by atoms with Crippen molar-refractivity contribution in [3.05, 3.63) is 16.1 Å². The van der Waals surface area contributed by atoms with E-state index in [0.29, 0.717) is 18.5 Å². The minimum absolute atomic E-state index is 0.186. The van der Waals surface area contributed by atoms with Crippen LogP contribution in [-0.2, 0) is 11.2 Å². The number of nitrogens with one attached hydrogen (secondary N) is 2. The third-order valence-electron chi connectivity index (χ3n) is 3.49. The summed E-state index contributed by atoms with van der Waals surface area (Å²) in [6.45, 7) is 5.19. The molecular weight excluding hydrogens is 258 g/mol. The minimum atomic E-state index is 0.186. The second kappa shape index (κ2) is 7.01. The van der Waals surface area contributed by atoms with Crippen molar-refractivity contribution in [3.8, 4) is 0 Å². The first-order valence-corrected chi connectivity index (χ1v) is 7.95. The highest BCUT2D eigenvalue weighted by atomic mass is 32.1. The third kappa shape index (κ3) is 4.91. The summed E-state index contributed by atoms with van der Waals surface area (Å²) in [6.07, 6.45) is 4.48. The van der Waals surface area contributed by atoms with Crippen molar-refractivity contribution >= 4 is 17.2 Å². The number of rotatable bonds is 5. The number of amides is 1. The molecule has 1 fully saturated rings.